The number of unbranched alkanes of at least 4 members (excludes halogenated alkanes) is 7. The van der Waals surface area contributed by atoms with E-state index in [9.17, 15) is 0 Å². The molecule has 0 aromatic carbocycles. The van der Waals surface area contributed by atoms with Crippen molar-refractivity contribution in [2.45, 2.75) is 242 Å². The van der Waals surface area contributed by atoms with Crippen LogP contribution in [0.4, 0.5) is 0 Å². The molecule has 0 aliphatic heterocycles. The van der Waals surface area contributed by atoms with Crippen LogP contribution in [-0.2, 0) is 0 Å². The van der Waals surface area contributed by atoms with E-state index in [4.69, 9.17) is 25.5 Å². The minimum absolute atomic E-state index is 0.0957. The summed E-state index contributed by atoms with van der Waals surface area (Å²) in [5.74, 6) is 1.57. The first-order chi connectivity index (χ1) is 20.6. The fraction of sp³-hybridized carbons (Fsp3) is 1.00. The Hall–Kier alpha value is -0.200. The zero-order valence-electron chi connectivity index (χ0n) is 32.4. The Labute approximate surface area is 279 Å². The molecule has 0 saturated carbocycles. The van der Waals surface area contributed by atoms with E-state index in [-0.39, 0.29) is 30.5 Å². The van der Waals surface area contributed by atoms with Crippen LogP contribution in [-0.4, -0.2) is 56.1 Å². The fourth-order valence-corrected chi connectivity index (χ4v) is 4.25. The van der Waals surface area contributed by atoms with E-state index in [1.54, 1.807) is 0 Å². The molecule has 5 heteroatoms. The number of hydrogen-bond acceptors (Lipinski definition) is 5. The molecule has 6 unspecified atom stereocenters. The molecule has 0 aliphatic carbocycles. The lowest BCUT2D eigenvalue weighted by molar-refractivity contribution is 0.171. The standard InChI is InChI=1S/C11H24O.C9H20O.2C7H16O.C5H12O/c1-4-6-7-11(5-2)9-8-10(3)12;1-3-4-5-6-7-8-9(2)10;1-6(2)4-5-7(3)8;1-3-4-5-6-7(2)8;1-3-4-5(2)6/h10-12H,4-9H2,1-3H3;9-10H,3-8H2,1-2H3;6-8H,4-5H2,1-3H3;7-8H,3-6H2,1-2H3;5-6H,3-4H2,1-2H3. The van der Waals surface area contributed by atoms with Crippen LogP contribution in [0.1, 0.15) is 212 Å². The minimum Gasteiger partial charge on any atom is -0.393 e. The van der Waals surface area contributed by atoms with E-state index in [0.29, 0.717) is 0 Å². The molecule has 0 aromatic rings. The third-order valence-corrected chi connectivity index (χ3v) is 7.36. The van der Waals surface area contributed by atoms with E-state index in [1.807, 2.05) is 34.6 Å². The predicted molar refractivity (Wildman–Crippen MR) is 197 cm³/mol. The maximum absolute atomic E-state index is 9.12. The van der Waals surface area contributed by atoms with E-state index < -0.39 is 0 Å². The van der Waals surface area contributed by atoms with E-state index in [1.165, 1.54) is 83.5 Å². The van der Waals surface area contributed by atoms with Crippen molar-refractivity contribution < 1.29 is 25.5 Å². The van der Waals surface area contributed by atoms with Gasteiger partial charge in [0.2, 0.25) is 0 Å². The molecule has 0 heterocycles. The molecule has 0 saturated heterocycles. The highest BCUT2D eigenvalue weighted by Crippen LogP contribution is 2.19. The van der Waals surface area contributed by atoms with Gasteiger partial charge in [-0.15, -0.1) is 0 Å². The summed E-state index contributed by atoms with van der Waals surface area (Å²) in [7, 11) is 0. The Balaban J connectivity index is -0.000000147. The molecule has 44 heavy (non-hydrogen) atoms. The normalized spacial score (nSPS) is 14.6. The fourth-order valence-electron chi connectivity index (χ4n) is 4.25. The monoisotopic (exact) mass is 637 g/mol. The third-order valence-electron chi connectivity index (χ3n) is 7.36. The number of rotatable bonds is 22. The van der Waals surface area contributed by atoms with Crippen LogP contribution in [0.5, 0.6) is 0 Å². The SMILES string of the molecule is CC(C)CCC(C)O.CCCC(C)O.CCCCC(CC)CCC(C)O.CCCCCC(C)O.CCCCCCCC(C)O. The summed E-state index contributed by atoms with van der Waals surface area (Å²) in [5.41, 5.74) is 0. The summed E-state index contributed by atoms with van der Waals surface area (Å²) < 4.78 is 0. The van der Waals surface area contributed by atoms with Gasteiger partial charge in [-0.3, -0.25) is 0 Å². The first-order valence-electron chi connectivity index (χ1n) is 19.0. The zero-order valence-corrected chi connectivity index (χ0v) is 32.4. The summed E-state index contributed by atoms with van der Waals surface area (Å²) in [4.78, 5) is 0. The van der Waals surface area contributed by atoms with E-state index in [0.717, 1.165) is 56.8 Å². The van der Waals surface area contributed by atoms with Gasteiger partial charge in [0.05, 0.1) is 30.5 Å². The summed E-state index contributed by atoms with van der Waals surface area (Å²) in [6, 6.07) is 0. The lowest BCUT2D eigenvalue weighted by Crippen LogP contribution is -2.05. The van der Waals surface area contributed by atoms with Gasteiger partial charge in [-0.1, -0.05) is 132 Å². The molecule has 0 spiro atoms. The van der Waals surface area contributed by atoms with Crippen LogP contribution >= 0.6 is 0 Å². The predicted octanol–water partition coefficient (Wildman–Crippen LogP) is 11.0. The van der Waals surface area contributed by atoms with Gasteiger partial charge in [-0.05, 0) is 91.4 Å². The molecule has 0 rings (SSSR count). The van der Waals surface area contributed by atoms with Crippen LogP contribution in [0.2, 0.25) is 0 Å². The molecular weight excluding hydrogens is 548 g/mol. The van der Waals surface area contributed by atoms with Gasteiger partial charge in [0.1, 0.15) is 0 Å². The molecule has 0 radical (unpaired) electrons. The van der Waals surface area contributed by atoms with Gasteiger partial charge in [-0.25, -0.2) is 0 Å². The van der Waals surface area contributed by atoms with Gasteiger partial charge in [0, 0.05) is 0 Å². The molecule has 0 bridgehead atoms. The van der Waals surface area contributed by atoms with Crippen molar-refractivity contribution in [1.29, 1.82) is 0 Å². The molecule has 5 nitrogen and oxygen atoms in total. The Kier molecular flexibility index (Phi) is 54.4. The average Bonchev–Trinajstić information content (AvgIpc) is 2.93. The van der Waals surface area contributed by atoms with Crippen LogP contribution < -0.4 is 0 Å². The van der Waals surface area contributed by atoms with Crippen molar-refractivity contribution in [3.63, 3.8) is 0 Å². The molecular formula is C39H88O5. The second-order valence-electron chi connectivity index (χ2n) is 13.7. The van der Waals surface area contributed by atoms with Gasteiger partial charge in [0.15, 0.2) is 0 Å². The van der Waals surface area contributed by atoms with Crippen LogP contribution in [0.15, 0.2) is 0 Å². The Morgan fingerprint density at radius 1 is 0.318 bits per heavy atom. The Morgan fingerprint density at radius 2 is 0.682 bits per heavy atom. The second-order valence-corrected chi connectivity index (χ2v) is 13.7. The number of hydrogen-bond donors (Lipinski definition) is 5. The van der Waals surface area contributed by atoms with Crippen molar-refractivity contribution in [3.05, 3.63) is 0 Å². The van der Waals surface area contributed by atoms with Crippen molar-refractivity contribution >= 4 is 0 Å². The van der Waals surface area contributed by atoms with Gasteiger partial charge in [0.25, 0.3) is 0 Å². The molecule has 0 amide bonds. The van der Waals surface area contributed by atoms with Gasteiger partial charge in [-0.2, -0.15) is 0 Å². The van der Waals surface area contributed by atoms with Gasteiger partial charge >= 0.3 is 0 Å². The zero-order chi connectivity index (χ0) is 35.2. The first kappa shape index (κ1) is 53.3. The highest BCUT2D eigenvalue weighted by molar-refractivity contribution is 4.59. The minimum atomic E-state index is -0.114. The Bertz CT molecular complexity index is 442. The smallest absolute Gasteiger partial charge is 0.0512 e. The maximum Gasteiger partial charge on any atom is 0.0512 e. The molecule has 274 valence electrons. The quantitative estimate of drug-likeness (QED) is 0.0761. The molecule has 5 N–H and O–H groups in total. The topological polar surface area (TPSA) is 101 Å². The van der Waals surface area contributed by atoms with E-state index >= 15 is 0 Å². The van der Waals surface area contributed by atoms with Gasteiger partial charge < -0.3 is 25.5 Å². The maximum atomic E-state index is 9.12. The molecule has 0 aliphatic rings. The third kappa shape index (κ3) is 73.3. The Morgan fingerprint density at radius 3 is 0.977 bits per heavy atom. The number of aliphatic hydroxyl groups excluding tert-OH is 5. The van der Waals surface area contributed by atoms with E-state index in [2.05, 4.69) is 48.5 Å². The van der Waals surface area contributed by atoms with Crippen molar-refractivity contribution in [3.8, 4) is 0 Å². The molecule has 0 fully saturated rings. The number of aliphatic hydroxyl groups is 5. The lowest BCUT2D eigenvalue weighted by atomic mass is 9.93. The highest BCUT2D eigenvalue weighted by atomic mass is 16.3. The van der Waals surface area contributed by atoms with Crippen LogP contribution in [0, 0.1) is 11.8 Å². The van der Waals surface area contributed by atoms with Crippen molar-refractivity contribution in [2.75, 3.05) is 0 Å². The van der Waals surface area contributed by atoms with Crippen molar-refractivity contribution in [2.24, 2.45) is 11.8 Å². The lowest BCUT2D eigenvalue weighted by Gasteiger charge is -2.14. The molecule has 0 aromatic heterocycles. The van der Waals surface area contributed by atoms with Crippen molar-refractivity contribution in [1.82, 2.24) is 0 Å². The van der Waals surface area contributed by atoms with Crippen LogP contribution in [0.3, 0.4) is 0 Å². The summed E-state index contributed by atoms with van der Waals surface area (Å²) >= 11 is 0. The average molecular weight is 637 g/mol. The summed E-state index contributed by atoms with van der Waals surface area (Å²) in [6.45, 7) is 24.5. The summed E-state index contributed by atoms with van der Waals surface area (Å²) in [6.07, 6.45) is 23.1. The summed E-state index contributed by atoms with van der Waals surface area (Å²) in [5, 5.41) is 44.2. The highest BCUT2D eigenvalue weighted by Gasteiger charge is 2.06. The van der Waals surface area contributed by atoms with Crippen LogP contribution in [0.25, 0.3) is 0 Å². The largest absolute Gasteiger partial charge is 0.393 e. The second kappa shape index (κ2) is 44.9. The first-order valence-corrected chi connectivity index (χ1v) is 19.0. The molecule has 6 atom stereocenters.